The second-order valence-electron chi connectivity index (χ2n) is 5.11. The van der Waals surface area contributed by atoms with Crippen molar-refractivity contribution < 1.29 is 18.3 Å². The second-order valence-corrected chi connectivity index (χ2v) is 5.11. The summed E-state index contributed by atoms with van der Waals surface area (Å²) in [7, 11) is 1.77. The zero-order valence-electron chi connectivity index (χ0n) is 11.6. The van der Waals surface area contributed by atoms with Gasteiger partial charge in [0.2, 0.25) is 0 Å². The van der Waals surface area contributed by atoms with Gasteiger partial charge in [0.15, 0.2) is 0 Å². The third kappa shape index (κ3) is 4.72. The number of hydrogen-bond acceptors (Lipinski definition) is 3. The number of hydrogen-bond donors (Lipinski definition) is 1. The van der Waals surface area contributed by atoms with Gasteiger partial charge in [0.05, 0.1) is 6.10 Å². The molecular formula is C15H21F2NO2. The van der Waals surface area contributed by atoms with E-state index in [-0.39, 0.29) is 5.75 Å². The Bertz CT molecular complexity index is 389. The third-order valence-electron chi connectivity index (χ3n) is 3.75. The van der Waals surface area contributed by atoms with E-state index in [0.717, 1.165) is 37.8 Å². The molecular weight excluding hydrogens is 264 g/mol. The minimum absolute atomic E-state index is 0.198. The van der Waals surface area contributed by atoms with Crippen molar-refractivity contribution in [2.24, 2.45) is 0 Å². The number of halogens is 2. The molecule has 1 fully saturated rings. The summed E-state index contributed by atoms with van der Waals surface area (Å²) in [6.45, 7) is -2.02. The maximum Gasteiger partial charge on any atom is 0.387 e. The Morgan fingerprint density at radius 1 is 1.15 bits per heavy atom. The molecule has 5 heteroatoms. The Balaban J connectivity index is 1.74. The van der Waals surface area contributed by atoms with E-state index >= 15 is 0 Å². The summed E-state index contributed by atoms with van der Waals surface area (Å²) in [5.74, 6) is 0.198. The quantitative estimate of drug-likeness (QED) is 0.869. The molecule has 0 unspecified atom stereocenters. The molecule has 0 bridgehead atoms. The summed E-state index contributed by atoms with van der Waals surface area (Å²) >= 11 is 0. The summed E-state index contributed by atoms with van der Waals surface area (Å²) in [6.07, 6.45) is 4.82. The van der Waals surface area contributed by atoms with E-state index in [0.29, 0.717) is 12.1 Å². The summed E-state index contributed by atoms with van der Waals surface area (Å²) in [6, 6.07) is 7.28. The van der Waals surface area contributed by atoms with Gasteiger partial charge in [-0.1, -0.05) is 12.1 Å². The smallest absolute Gasteiger partial charge is 0.387 e. The molecule has 0 aromatic heterocycles. The van der Waals surface area contributed by atoms with Crippen molar-refractivity contribution in [2.75, 3.05) is 7.11 Å². The molecule has 1 aromatic carbocycles. The van der Waals surface area contributed by atoms with E-state index < -0.39 is 6.61 Å². The molecule has 0 heterocycles. The average molecular weight is 285 g/mol. The first-order chi connectivity index (χ1) is 9.67. The highest BCUT2D eigenvalue weighted by Crippen LogP contribution is 2.21. The zero-order valence-corrected chi connectivity index (χ0v) is 11.6. The SMILES string of the molecule is COC1CCC(NCc2ccc(OC(F)F)cc2)CC1. The molecule has 1 aliphatic rings. The molecule has 1 aromatic rings. The third-order valence-corrected chi connectivity index (χ3v) is 3.75. The molecule has 3 nitrogen and oxygen atoms in total. The Labute approximate surface area is 118 Å². The van der Waals surface area contributed by atoms with Gasteiger partial charge in [-0.05, 0) is 43.4 Å². The van der Waals surface area contributed by atoms with Gasteiger partial charge >= 0.3 is 6.61 Å². The second kappa shape index (κ2) is 7.55. The Hall–Kier alpha value is -1.20. The van der Waals surface area contributed by atoms with Crippen LogP contribution >= 0.6 is 0 Å². The molecule has 0 atom stereocenters. The minimum atomic E-state index is -2.77. The van der Waals surface area contributed by atoms with Crippen LogP contribution in [0.3, 0.4) is 0 Å². The van der Waals surface area contributed by atoms with Crippen LogP contribution in [0.25, 0.3) is 0 Å². The van der Waals surface area contributed by atoms with E-state index in [1.54, 1.807) is 19.2 Å². The van der Waals surface area contributed by atoms with Crippen LogP contribution in [0.2, 0.25) is 0 Å². The monoisotopic (exact) mass is 285 g/mol. The number of methoxy groups -OCH3 is 1. The van der Waals surface area contributed by atoms with Crippen molar-refractivity contribution in [2.45, 2.75) is 51.0 Å². The number of ether oxygens (including phenoxy) is 2. The van der Waals surface area contributed by atoms with Crippen LogP contribution < -0.4 is 10.1 Å². The standard InChI is InChI=1S/C15H21F2NO2/c1-19-13-8-4-12(5-9-13)18-10-11-2-6-14(7-3-11)20-15(16)17/h2-3,6-7,12-13,15,18H,4-5,8-10H2,1H3. The van der Waals surface area contributed by atoms with E-state index in [9.17, 15) is 8.78 Å². The van der Waals surface area contributed by atoms with Gasteiger partial charge in [0.1, 0.15) is 5.75 Å². The van der Waals surface area contributed by atoms with E-state index in [1.807, 2.05) is 12.1 Å². The van der Waals surface area contributed by atoms with Gasteiger partial charge in [-0.15, -0.1) is 0 Å². The van der Waals surface area contributed by atoms with Crippen molar-refractivity contribution in [3.05, 3.63) is 29.8 Å². The molecule has 0 spiro atoms. The van der Waals surface area contributed by atoms with Gasteiger partial charge in [-0.3, -0.25) is 0 Å². The normalized spacial score (nSPS) is 23.0. The molecule has 20 heavy (non-hydrogen) atoms. The summed E-state index contributed by atoms with van der Waals surface area (Å²) < 4.78 is 33.7. The van der Waals surface area contributed by atoms with Gasteiger partial charge in [0.25, 0.3) is 0 Å². The first kappa shape index (κ1) is 15.2. The molecule has 1 N–H and O–H groups in total. The maximum atomic E-state index is 12.0. The van der Waals surface area contributed by atoms with E-state index in [1.165, 1.54) is 0 Å². The molecule has 1 saturated carbocycles. The van der Waals surface area contributed by atoms with Gasteiger partial charge in [-0.2, -0.15) is 8.78 Å². The first-order valence-electron chi connectivity index (χ1n) is 6.97. The number of benzene rings is 1. The van der Waals surface area contributed by atoms with Gasteiger partial charge < -0.3 is 14.8 Å². The van der Waals surface area contributed by atoms with Crippen molar-refractivity contribution in [1.82, 2.24) is 5.32 Å². The Kier molecular flexibility index (Phi) is 5.73. The molecule has 0 saturated heterocycles. The Morgan fingerprint density at radius 2 is 1.80 bits per heavy atom. The summed E-state index contributed by atoms with van der Waals surface area (Å²) in [5.41, 5.74) is 1.07. The first-order valence-corrected chi connectivity index (χ1v) is 6.97. The lowest BCUT2D eigenvalue weighted by atomic mass is 9.93. The number of alkyl halides is 2. The molecule has 112 valence electrons. The minimum Gasteiger partial charge on any atom is -0.435 e. The fourth-order valence-electron chi connectivity index (χ4n) is 2.55. The molecule has 0 amide bonds. The van der Waals surface area contributed by atoms with Crippen molar-refractivity contribution >= 4 is 0 Å². The summed E-state index contributed by atoms with van der Waals surface area (Å²) in [5, 5.41) is 3.50. The van der Waals surface area contributed by atoms with Gasteiger partial charge in [0, 0.05) is 19.7 Å². The average Bonchev–Trinajstić information content (AvgIpc) is 2.46. The highest BCUT2D eigenvalue weighted by Gasteiger charge is 2.20. The van der Waals surface area contributed by atoms with E-state index in [2.05, 4.69) is 10.1 Å². The molecule has 0 aliphatic heterocycles. The highest BCUT2D eigenvalue weighted by atomic mass is 19.3. The lowest BCUT2D eigenvalue weighted by Gasteiger charge is -2.28. The van der Waals surface area contributed by atoms with Crippen LogP contribution in [-0.2, 0) is 11.3 Å². The zero-order chi connectivity index (χ0) is 14.4. The number of rotatable bonds is 6. The predicted molar refractivity (Wildman–Crippen MR) is 73.0 cm³/mol. The van der Waals surface area contributed by atoms with Crippen LogP contribution in [0.1, 0.15) is 31.2 Å². The van der Waals surface area contributed by atoms with Crippen LogP contribution in [0.5, 0.6) is 5.75 Å². The van der Waals surface area contributed by atoms with Crippen LogP contribution in [0.4, 0.5) is 8.78 Å². The largest absolute Gasteiger partial charge is 0.435 e. The number of nitrogens with one attached hydrogen (secondary N) is 1. The molecule has 2 rings (SSSR count). The molecule has 0 radical (unpaired) electrons. The van der Waals surface area contributed by atoms with Crippen LogP contribution in [-0.4, -0.2) is 25.9 Å². The Morgan fingerprint density at radius 3 is 2.35 bits per heavy atom. The van der Waals surface area contributed by atoms with Crippen molar-refractivity contribution in [3.63, 3.8) is 0 Å². The van der Waals surface area contributed by atoms with E-state index in [4.69, 9.17) is 4.74 Å². The topological polar surface area (TPSA) is 30.5 Å². The summed E-state index contributed by atoms with van der Waals surface area (Å²) in [4.78, 5) is 0. The van der Waals surface area contributed by atoms with Crippen LogP contribution in [0.15, 0.2) is 24.3 Å². The lowest BCUT2D eigenvalue weighted by Crippen LogP contribution is -2.34. The maximum absolute atomic E-state index is 12.0. The predicted octanol–water partition coefficient (Wildman–Crippen LogP) is 3.34. The molecule has 1 aliphatic carbocycles. The van der Waals surface area contributed by atoms with Crippen molar-refractivity contribution in [1.29, 1.82) is 0 Å². The van der Waals surface area contributed by atoms with Crippen molar-refractivity contribution in [3.8, 4) is 5.75 Å². The van der Waals surface area contributed by atoms with Gasteiger partial charge in [-0.25, -0.2) is 0 Å². The highest BCUT2D eigenvalue weighted by molar-refractivity contribution is 5.27. The van der Waals surface area contributed by atoms with Crippen LogP contribution in [0, 0.1) is 0 Å². The fourth-order valence-corrected chi connectivity index (χ4v) is 2.55. The fraction of sp³-hybridized carbons (Fsp3) is 0.600. The lowest BCUT2D eigenvalue weighted by molar-refractivity contribution is -0.0498.